The molecule has 0 bridgehead atoms. The van der Waals surface area contributed by atoms with E-state index in [1.54, 1.807) is 36.4 Å². The van der Waals surface area contributed by atoms with E-state index in [4.69, 9.17) is 4.74 Å². The van der Waals surface area contributed by atoms with Crippen molar-refractivity contribution in [2.45, 2.75) is 24.2 Å². The van der Waals surface area contributed by atoms with Gasteiger partial charge in [-0.15, -0.1) is 5.10 Å². The highest BCUT2D eigenvalue weighted by Crippen LogP contribution is 2.31. The first-order chi connectivity index (χ1) is 15.0. The van der Waals surface area contributed by atoms with Crippen molar-refractivity contribution in [1.29, 1.82) is 0 Å². The highest BCUT2D eigenvalue weighted by Gasteiger charge is 2.29. The zero-order valence-corrected chi connectivity index (χ0v) is 17.7. The lowest BCUT2D eigenvalue weighted by molar-refractivity contribution is 0.102. The zero-order valence-electron chi connectivity index (χ0n) is 16.9. The average molecular weight is 443 g/mol. The number of benzene rings is 2. The second-order valence-corrected chi connectivity index (χ2v) is 8.99. The van der Waals surface area contributed by atoms with E-state index in [-0.39, 0.29) is 16.6 Å². The first-order valence-electron chi connectivity index (χ1n) is 9.82. The van der Waals surface area contributed by atoms with Gasteiger partial charge in [-0.1, -0.05) is 6.42 Å². The normalized spacial score (nSPS) is 14.9. The van der Waals surface area contributed by atoms with Gasteiger partial charge in [0, 0.05) is 24.3 Å². The highest BCUT2D eigenvalue weighted by molar-refractivity contribution is 7.89. The van der Waals surface area contributed by atoms with Crippen molar-refractivity contribution in [3.05, 3.63) is 54.4 Å². The van der Waals surface area contributed by atoms with Crippen molar-refractivity contribution in [3.63, 3.8) is 0 Å². The van der Waals surface area contributed by atoms with E-state index in [0.29, 0.717) is 30.0 Å². The van der Waals surface area contributed by atoms with Crippen LogP contribution in [0.15, 0.2) is 53.7 Å². The summed E-state index contributed by atoms with van der Waals surface area (Å²) in [7, 11) is -2.30. The molecule has 1 saturated heterocycles. The first-order valence-corrected chi connectivity index (χ1v) is 11.3. The van der Waals surface area contributed by atoms with Crippen LogP contribution in [0.1, 0.15) is 29.6 Å². The SMILES string of the molecule is COc1ccc(NC(=O)c2ccc(-n3cnnn3)cc2)cc1S(=O)(=O)N1CCCCC1. The topological polar surface area (TPSA) is 119 Å². The van der Waals surface area contributed by atoms with Gasteiger partial charge in [-0.3, -0.25) is 4.79 Å². The quantitative estimate of drug-likeness (QED) is 0.621. The number of ether oxygens (including phenoxy) is 1. The Hall–Kier alpha value is -3.31. The molecule has 1 aliphatic rings. The number of carbonyl (C=O) groups excluding carboxylic acids is 1. The van der Waals surface area contributed by atoms with Crippen molar-refractivity contribution in [2.24, 2.45) is 0 Å². The Bertz CT molecular complexity index is 1160. The molecule has 1 aliphatic heterocycles. The fraction of sp³-hybridized carbons (Fsp3) is 0.300. The monoisotopic (exact) mass is 442 g/mol. The van der Waals surface area contributed by atoms with Crippen molar-refractivity contribution in [1.82, 2.24) is 24.5 Å². The minimum absolute atomic E-state index is 0.0451. The smallest absolute Gasteiger partial charge is 0.255 e. The van der Waals surface area contributed by atoms with E-state index in [2.05, 4.69) is 20.8 Å². The minimum Gasteiger partial charge on any atom is -0.495 e. The summed E-state index contributed by atoms with van der Waals surface area (Å²) < 4.78 is 34.5. The second kappa shape index (κ2) is 8.82. The van der Waals surface area contributed by atoms with E-state index in [0.717, 1.165) is 19.3 Å². The molecule has 0 spiro atoms. The van der Waals surface area contributed by atoms with Gasteiger partial charge in [0.25, 0.3) is 5.91 Å². The lowest BCUT2D eigenvalue weighted by Gasteiger charge is -2.26. The molecule has 1 aromatic heterocycles. The molecule has 2 heterocycles. The Morgan fingerprint density at radius 3 is 2.45 bits per heavy atom. The fourth-order valence-corrected chi connectivity index (χ4v) is 5.15. The molecule has 0 aliphatic carbocycles. The van der Waals surface area contributed by atoms with Crippen LogP contribution in [-0.4, -0.2) is 59.0 Å². The number of methoxy groups -OCH3 is 1. The summed E-state index contributed by atoms with van der Waals surface area (Å²) in [5.74, 6) is -0.121. The van der Waals surface area contributed by atoms with Gasteiger partial charge >= 0.3 is 0 Å². The number of carbonyl (C=O) groups is 1. The Kier molecular flexibility index (Phi) is 5.96. The van der Waals surface area contributed by atoms with Crippen LogP contribution in [-0.2, 0) is 10.0 Å². The summed E-state index contributed by atoms with van der Waals surface area (Å²) >= 11 is 0. The molecule has 31 heavy (non-hydrogen) atoms. The van der Waals surface area contributed by atoms with Gasteiger partial charge in [-0.25, -0.2) is 13.1 Å². The number of nitrogens with zero attached hydrogens (tertiary/aromatic N) is 5. The van der Waals surface area contributed by atoms with Crippen LogP contribution in [0.2, 0.25) is 0 Å². The molecule has 11 heteroatoms. The number of anilines is 1. The lowest BCUT2D eigenvalue weighted by Crippen LogP contribution is -2.35. The van der Waals surface area contributed by atoms with E-state index < -0.39 is 10.0 Å². The van der Waals surface area contributed by atoms with Gasteiger partial charge in [0.05, 0.1) is 12.8 Å². The summed E-state index contributed by atoms with van der Waals surface area (Å²) in [5, 5.41) is 13.7. The maximum Gasteiger partial charge on any atom is 0.255 e. The van der Waals surface area contributed by atoms with E-state index in [9.17, 15) is 13.2 Å². The predicted molar refractivity (Wildman–Crippen MR) is 113 cm³/mol. The van der Waals surface area contributed by atoms with Gasteiger partial charge in [0.15, 0.2) is 0 Å². The predicted octanol–water partition coefficient (Wildman–Crippen LogP) is 2.10. The molecule has 162 valence electrons. The Balaban J connectivity index is 1.56. The molecule has 4 rings (SSSR count). The maximum absolute atomic E-state index is 13.1. The van der Waals surface area contributed by atoms with E-state index in [1.807, 2.05) is 0 Å². The van der Waals surface area contributed by atoms with Crippen LogP contribution in [0.4, 0.5) is 5.69 Å². The third-order valence-electron chi connectivity index (χ3n) is 5.10. The van der Waals surface area contributed by atoms with Crippen molar-refractivity contribution in [2.75, 3.05) is 25.5 Å². The highest BCUT2D eigenvalue weighted by atomic mass is 32.2. The minimum atomic E-state index is -3.72. The number of hydrogen-bond donors (Lipinski definition) is 1. The molecule has 3 aromatic rings. The van der Waals surface area contributed by atoms with Crippen molar-refractivity contribution in [3.8, 4) is 11.4 Å². The Morgan fingerprint density at radius 1 is 1.06 bits per heavy atom. The average Bonchev–Trinajstić information content (AvgIpc) is 3.35. The van der Waals surface area contributed by atoms with Crippen LogP contribution in [0.25, 0.3) is 5.69 Å². The zero-order chi connectivity index (χ0) is 21.8. The number of nitrogens with one attached hydrogen (secondary N) is 1. The lowest BCUT2D eigenvalue weighted by atomic mass is 10.2. The summed E-state index contributed by atoms with van der Waals surface area (Å²) in [5.41, 5.74) is 1.49. The molecule has 0 unspecified atom stereocenters. The van der Waals surface area contributed by atoms with Crippen molar-refractivity contribution < 1.29 is 17.9 Å². The number of piperidine rings is 1. The molecule has 1 fully saturated rings. The van der Waals surface area contributed by atoms with Gasteiger partial charge < -0.3 is 10.1 Å². The van der Waals surface area contributed by atoms with Crippen LogP contribution in [0.3, 0.4) is 0 Å². The molecule has 10 nitrogen and oxygen atoms in total. The number of sulfonamides is 1. The molecular weight excluding hydrogens is 420 g/mol. The Labute approximate surface area is 179 Å². The molecule has 2 aromatic carbocycles. The summed E-state index contributed by atoms with van der Waals surface area (Å²) in [4.78, 5) is 12.7. The van der Waals surface area contributed by atoms with Crippen LogP contribution in [0, 0.1) is 0 Å². The third-order valence-corrected chi connectivity index (χ3v) is 7.02. The molecule has 0 atom stereocenters. The number of rotatable bonds is 6. The van der Waals surface area contributed by atoms with Gasteiger partial charge in [0.2, 0.25) is 10.0 Å². The summed E-state index contributed by atoms with van der Waals surface area (Å²) in [6.45, 7) is 0.964. The summed E-state index contributed by atoms with van der Waals surface area (Å²) in [6, 6.07) is 11.3. The molecule has 1 N–H and O–H groups in total. The first kappa shape index (κ1) is 20.9. The summed E-state index contributed by atoms with van der Waals surface area (Å²) in [6.07, 6.45) is 4.14. The number of amides is 1. The van der Waals surface area contributed by atoms with Gasteiger partial charge in [-0.2, -0.15) is 4.31 Å². The second-order valence-electron chi connectivity index (χ2n) is 7.09. The van der Waals surface area contributed by atoms with Crippen molar-refractivity contribution >= 4 is 21.6 Å². The standard InChI is InChI=1S/C20H22N6O4S/c1-30-18-10-7-16(13-19(18)31(28,29)25-11-3-2-4-12-25)22-20(27)15-5-8-17(9-6-15)26-14-21-23-24-26/h5-10,13-14H,2-4,11-12H2,1H3,(H,22,27). The van der Waals surface area contributed by atoms with E-state index >= 15 is 0 Å². The number of tetrazole rings is 1. The Morgan fingerprint density at radius 2 is 1.81 bits per heavy atom. The van der Waals surface area contributed by atoms with Gasteiger partial charge in [0.1, 0.15) is 17.0 Å². The molecule has 1 amide bonds. The molecule has 0 radical (unpaired) electrons. The maximum atomic E-state index is 13.1. The number of hydrogen-bond acceptors (Lipinski definition) is 7. The largest absolute Gasteiger partial charge is 0.495 e. The molecular formula is C20H22N6O4S. The van der Waals surface area contributed by atoms with Crippen LogP contribution >= 0.6 is 0 Å². The van der Waals surface area contributed by atoms with Crippen LogP contribution < -0.4 is 10.1 Å². The number of aromatic nitrogens is 4. The molecule has 0 saturated carbocycles. The fourth-order valence-electron chi connectivity index (χ4n) is 3.45. The van der Waals surface area contributed by atoms with E-state index in [1.165, 1.54) is 28.5 Å². The third kappa shape index (κ3) is 4.42. The van der Waals surface area contributed by atoms with Crippen LogP contribution in [0.5, 0.6) is 5.75 Å². The van der Waals surface area contributed by atoms with Gasteiger partial charge in [-0.05, 0) is 65.7 Å².